The molecule has 7 heteroatoms. The minimum absolute atomic E-state index is 0. The molecular weight excluding hydrogens is 414 g/mol. The van der Waals surface area contributed by atoms with Gasteiger partial charge in [0.1, 0.15) is 5.82 Å². The number of aromatic nitrogens is 2. The predicted molar refractivity (Wildman–Crippen MR) is 121 cm³/mol. The Hall–Kier alpha value is -3.74. The molecule has 1 amide bonds. The molecule has 3 N–H and O–H groups in total. The first-order valence-electron chi connectivity index (χ1n) is 9.42. The van der Waals surface area contributed by atoms with E-state index >= 15 is 0 Å². The van der Waals surface area contributed by atoms with Crippen molar-refractivity contribution in [3.8, 4) is 0 Å². The first-order valence-corrected chi connectivity index (χ1v) is 9.42. The van der Waals surface area contributed by atoms with Gasteiger partial charge in [0.05, 0.1) is 11.0 Å². The maximum atomic E-state index is 12.7. The van der Waals surface area contributed by atoms with Crippen LogP contribution in [0.4, 0.5) is 0 Å². The van der Waals surface area contributed by atoms with Gasteiger partial charge in [-0.25, -0.2) is 10.5 Å². The summed E-state index contributed by atoms with van der Waals surface area (Å²) in [5.41, 5.74) is 6.35. The Labute approximate surface area is 185 Å². The molecule has 3 aromatic carbocycles. The number of nitrogens with one attached hydrogen (secondary N) is 2. The van der Waals surface area contributed by atoms with E-state index in [2.05, 4.69) is 9.97 Å². The molecule has 0 radical (unpaired) electrons. The minimum Gasteiger partial charge on any atom is -0.342 e. The SMILES string of the molecule is Cl.O=C(/C=C/c1ccc(Cc2nc3ccc(C(=O)c4ccccc4)cc3[nH]2)cc1)NO. The van der Waals surface area contributed by atoms with Gasteiger partial charge < -0.3 is 4.98 Å². The molecule has 0 spiro atoms. The van der Waals surface area contributed by atoms with Crippen molar-refractivity contribution in [2.75, 3.05) is 0 Å². The number of H-pyrrole nitrogens is 1. The molecule has 0 atom stereocenters. The van der Waals surface area contributed by atoms with E-state index in [9.17, 15) is 9.59 Å². The molecule has 0 fully saturated rings. The smallest absolute Gasteiger partial charge is 0.267 e. The lowest BCUT2D eigenvalue weighted by Crippen LogP contribution is -2.14. The number of carbonyl (C=O) groups is 2. The van der Waals surface area contributed by atoms with Gasteiger partial charge in [0.25, 0.3) is 5.91 Å². The van der Waals surface area contributed by atoms with Crippen molar-refractivity contribution in [3.05, 3.63) is 107 Å². The molecule has 156 valence electrons. The molecule has 1 aromatic heterocycles. The van der Waals surface area contributed by atoms with Gasteiger partial charge in [-0.05, 0) is 35.4 Å². The van der Waals surface area contributed by atoms with E-state index in [4.69, 9.17) is 5.21 Å². The summed E-state index contributed by atoms with van der Waals surface area (Å²) in [5, 5.41) is 8.51. The van der Waals surface area contributed by atoms with Crippen LogP contribution in [0.2, 0.25) is 0 Å². The number of aromatic amines is 1. The van der Waals surface area contributed by atoms with Gasteiger partial charge in [-0.1, -0.05) is 54.6 Å². The number of fused-ring (bicyclic) bond motifs is 1. The fourth-order valence-corrected chi connectivity index (χ4v) is 3.19. The summed E-state index contributed by atoms with van der Waals surface area (Å²) in [4.78, 5) is 31.6. The average Bonchev–Trinajstić information content (AvgIpc) is 3.19. The first kappa shape index (κ1) is 22.0. The Bertz CT molecular complexity index is 1230. The average molecular weight is 434 g/mol. The quantitative estimate of drug-likeness (QED) is 0.182. The van der Waals surface area contributed by atoms with Gasteiger partial charge >= 0.3 is 0 Å². The fourth-order valence-electron chi connectivity index (χ4n) is 3.19. The van der Waals surface area contributed by atoms with Crippen molar-refractivity contribution in [1.29, 1.82) is 0 Å². The molecule has 6 nitrogen and oxygen atoms in total. The second-order valence-electron chi connectivity index (χ2n) is 6.84. The normalized spacial score (nSPS) is 10.7. The topological polar surface area (TPSA) is 95.1 Å². The standard InChI is InChI=1S/C24H19N3O3.ClH/c28-23(27-30)13-10-16-6-8-17(9-7-16)14-22-25-20-12-11-19(15-21(20)26-22)24(29)18-4-2-1-3-5-18;/h1-13,15,30H,14H2,(H,25,26)(H,27,28);1H/b13-10+;. The summed E-state index contributed by atoms with van der Waals surface area (Å²) in [7, 11) is 0. The van der Waals surface area contributed by atoms with Crippen molar-refractivity contribution in [2.45, 2.75) is 6.42 Å². The molecule has 31 heavy (non-hydrogen) atoms. The van der Waals surface area contributed by atoms with Crippen LogP contribution in [-0.2, 0) is 11.2 Å². The minimum atomic E-state index is -0.577. The third-order valence-electron chi connectivity index (χ3n) is 4.72. The van der Waals surface area contributed by atoms with Crippen LogP contribution in [0, 0.1) is 0 Å². The van der Waals surface area contributed by atoms with Crippen molar-refractivity contribution in [3.63, 3.8) is 0 Å². The lowest BCUT2D eigenvalue weighted by Gasteiger charge is -2.00. The van der Waals surface area contributed by atoms with E-state index in [0.717, 1.165) is 28.0 Å². The van der Waals surface area contributed by atoms with Crippen LogP contribution in [0.1, 0.15) is 32.9 Å². The molecular formula is C24H20ClN3O3. The van der Waals surface area contributed by atoms with E-state index < -0.39 is 5.91 Å². The number of amides is 1. The van der Waals surface area contributed by atoms with E-state index in [1.54, 1.807) is 29.8 Å². The maximum absolute atomic E-state index is 12.7. The van der Waals surface area contributed by atoms with E-state index in [1.165, 1.54) is 6.08 Å². The zero-order valence-electron chi connectivity index (χ0n) is 16.4. The molecule has 0 unspecified atom stereocenters. The highest BCUT2D eigenvalue weighted by atomic mass is 35.5. The lowest BCUT2D eigenvalue weighted by atomic mass is 10.0. The van der Waals surface area contributed by atoms with Crippen molar-refractivity contribution in [1.82, 2.24) is 15.4 Å². The Balaban J connectivity index is 0.00000272. The number of ketones is 1. The highest BCUT2D eigenvalue weighted by molar-refractivity contribution is 6.10. The van der Waals surface area contributed by atoms with Crippen LogP contribution in [0.25, 0.3) is 17.1 Å². The second-order valence-corrected chi connectivity index (χ2v) is 6.84. The zero-order valence-corrected chi connectivity index (χ0v) is 17.2. The molecule has 0 aliphatic heterocycles. The number of benzene rings is 3. The molecule has 0 aliphatic rings. The summed E-state index contributed by atoms with van der Waals surface area (Å²) < 4.78 is 0. The maximum Gasteiger partial charge on any atom is 0.267 e. The highest BCUT2D eigenvalue weighted by Gasteiger charge is 2.11. The third-order valence-corrected chi connectivity index (χ3v) is 4.72. The Morgan fingerprint density at radius 2 is 1.71 bits per heavy atom. The molecule has 0 aliphatic carbocycles. The summed E-state index contributed by atoms with van der Waals surface area (Å²) in [5.74, 6) is 0.205. The van der Waals surface area contributed by atoms with E-state index in [1.807, 2.05) is 54.6 Å². The molecule has 4 rings (SSSR count). The van der Waals surface area contributed by atoms with Gasteiger partial charge in [-0.3, -0.25) is 14.8 Å². The van der Waals surface area contributed by atoms with E-state index in [0.29, 0.717) is 17.5 Å². The summed E-state index contributed by atoms with van der Waals surface area (Å²) in [6.45, 7) is 0. The van der Waals surface area contributed by atoms with Gasteiger partial charge in [0.2, 0.25) is 0 Å². The number of halogens is 1. The zero-order chi connectivity index (χ0) is 20.9. The number of hydroxylamine groups is 1. The Kier molecular flexibility index (Phi) is 6.97. The van der Waals surface area contributed by atoms with E-state index in [-0.39, 0.29) is 18.2 Å². The lowest BCUT2D eigenvalue weighted by molar-refractivity contribution is -0.124. The number of hydrogen-bond donors (Lipinski definition) is 3. The van der Waals surface area contributed by atoms with Crippen LogP contribution in [-0.4, -0.2) is 26.9 Å². The van der Waals surface area contributed by atoms with Crippen LogP contribution in [0.5, 0.6) is 0 Å². The van der Waals surface area contributed by atoms with Gasteiger partial charge in [-0.15, -0.1) is 12.4 Å². The monoisotopic (exact) mass is 433 g/mol. The van der Waals surface area contributed by atoms with Gasteiger partial charge in [0, 0.05) is 23.6 Å². The summed E-state index contributed by atoms with van der Waals surface area (Å²) in [6, 6.07) is 22.4. The number of nitrogens with zero attached hydrogens (tertiary/aromatic N) is 1. The number of carbonyl (C=O) groups excluding carboxylic acids is 2. The second kappa shape index (κ2) is 9.84. The Morgan fingerprint density at radius 3 is 2.42 bits per heavy atom. The Morgan fingerprint density at radius 1 is 0.968 bits per heavy atom. The largest absolute Gasteiger partial charge is 0.342 e. The van der Waals surface area contributed by atoms with Crippen LogP contribution in [0.15, 0.2) is 78.9 Å². The molecule has 0 bridgehead atoms. The summed E-state index contributed by atoms with van der Waals surface area (Å²) in [6.07, 6.45) is 3.47. The van der Waals surface area contributed by atoms with Crippen molar-refractivity contribution < 1.29 is 14.8 Å². The number of imidazole rings is 1. The van der Waals surface area contributed by atoms with Gasteiger partial charge in [0.15, 0.2) is 5.78 Å². The molecule has 1 heterocycles. The van der Waals surface area contributed by atoms with Crippen LogP contribution >= 0.6 is 12.4 Å². The number of hydrogen-bond acceptors (Lipinski definition) is 4. The molecule has 0 saturated heterocycles. The molecule has 0 saturated carbocycles. The third kappa shape index (κ3) is 5.25. The fraction of sp³-hybridized carbons (Fsp3) is 0.0417. The van der Waals surface area contributed by atoms with Crippen LogP contribution in [0.3, 0.4) is 0 Å². The predicted octanol–water partition coefficient (Wildman–Crippen LogP) is 4.33. The summed E-state index contributed by atoms with van der Waals surface area (Å²) >= 11 is 0. The highest BCUT2D eigenvalue weighted by Crippen LogP contribution is 2.18. The molecule has 4 aromatic rings. The van der Waals surface area contributed by atoms with Crippen molar-refractivity contribution in [2.24, 2.45) is 0 Å². The first-order chi connectivity index (χ1) is 14.6. The van der Waals surface area contributed by atoms with Gasteiger partial charge in [-0.2, -0.15) is 0 Å². The van der Waals surface area contributed by atoms with Crippen LogP contribution < -0.4 is 5.48 Å². The number of rotatable bonds is 6. The van der Waals surface area contributed by atoms with Crippen molar-refractivity contribution >= 4 is 41.2 Å².